The lowest BCUT2D eigenvalue weighted by Crippen LogP contribution is -2.33. The summed E-state index contributed by atoms with van der Waals surface area (Å²) < 4.78 is 11.6. The maximum Gasteiger partial charge on any atom is 0.290 e. The molecule has 174 valence electrons. The van der Waals surface area contributed by atoms with E-state index in [1.165, 1.54) is 0 Å². The largest absolute Gasteiger partial charge is 0.494 e. The number of aryl methyl sites for hydroxylation is 1. The zero-order chi connectivity index (χ0) is 23.5. The highest BCUT2D eigenvalue weighted by atomic mass is 16.5. The molecule has 1 aromatic heterocycles. The summed E-state index contributed by atoms with van der Waals surface area (Å²) in [6.07, 6.45) is 0.825. The fourth-order valence-corrected chi connectivity index (χ4v) is 4.59. The van der Waals surface area contributed by atoms with Crippen molar-refractivity contribution < 1.29 is 13.9 Å². The van der Waals surface area contributed by atoms with Crippen LogP contribution in [-0.2, 0) is 0 Å². The molecule has 0 aliphatic carbocycles. The van der Waals surface area contributed by atoms with E-state index in [9.17, 15) is 9.59 Å². The SMILES string of the molecule is CCOc1ccc2c(=O)c3c(oc2c1)C(=O)N(CCCN(CC)CC)C3c1ccc(C)cc1. The Labute approximate surface area is 194 Å². The number of fused-ring (bicyclic) bond motifs is 2. The van der Waals surface area contributed by atoms with Crippen LogP contribution in [0.4, 0.5) is 0 Å². The molecule has 0 saturated heterocycles. The van der Waals surface area contributed by atoms with Gasteiger partial charge in [-0.05, 0) is 57.6 Å². The smallest absolute Gasteiger partial charge is 0.290 e. The lowest BCUT2D eigenvalue weighted by molar-refractivity contribution is 0.0720. The average Bonchev–Trinajstić information content (AvgIpc) is 3.09. The van der Waals surface area contributed by atoms with E-state index in [1.54, 1.807) is 23.1 Å². The van der Waals surface area contributed by atoms with Gasteiger partial charge in [-0.3, -0.25) is 9.59 Å². The van der Waals surface area contributed by atoms with Gasteiger partial charge in [-0.15, -0.1) is 0 Å². The van der Waals surface area contributed by atoms with Gasteiger partial charge in [-0.25, -0.2) is 0 Å². The number of amides is 1. The molecule has 2 aromatic carbocycles. The fourth-order valence-electron chi connectivity index (χ4n) is 4.59. The molecule has 6 nitrogen and oxygen atoms in total. The van der Waals surface area contributed by atoms with Gasteiger partial charge in [0.15, 0.2) is 5.43 Å². The topological polar surface area (TPSA) is 63.0 Å². The molecule has 1 amide bonds. The Kier molecular flexibility index (Phi) is 6.84. The van der Waals surface area contributed by atoms with Crippen LogP contribution >= 0.6 is 0 Å². The van der Waals surface area contributed by atoms with E-state index in [-0.39, 0.29) is 17.1 Å². The molecule has 0 bridgehead atoms. The second-order valence-corrected chi connectivity index (χ2v) is 8.46. The summed E-state index contributed by atoms with van der Waals surface area (Å²) in [6.45, 7) is 12.1. The first-order valence-electron chi connectivity index (χ1n) is 11.8. The van der Waals surface area contributed by atoms with E-state index >= 15 is 0 Å². The Morgan fingerprint density at radius 2 is 1.76 bits per heavy atom. The minimum absolute atomic E-state index is 0.148. The molecule has 0 N–H and O–H groups in total. The van der Waals surface area contributed by atoms with Gasteiger partial charge in [0, 0.05) is 12.6 Å². The van der Waals surface area contributed by atoms with Crippen molar-refractivity contribution in [2.24, 2.45) is 0 Å². The van der Waals surface area contributed by atoms with Crippen LogP contribution in [0.15, 0.2) is 51.7 Å². The molecule has 1 aliphatic heterocycles. The van der Waals surface area contributed by atoms with Gasteiger partial charge in [0.05, 0.1) is 23.6 Å². The highest BCUT2D eigenvalue weighted by Gasteiger charge is 2.42. The summed E-state index contributed by atoms with van der Waals surface area (Å²) in [6, 6.07) is 12.8. The van der Waals surface area contributed by atoms with Crippen LogP contribution in [0.5, 0.6) is 5.75 Å². The monoisotopic (exact) mass is 448 g/mol. The summed E-state index contributed by atoms with van der Waals surface area (Å²) in [7, 11) is 0. The lowest BCUT2D eigenvalue weighted by Gasteiger charge is -2.26. The minimum atomic E-state index is -0.447. The first-order valence-corrected chi connectivity index (χ1v) is 11.8. The van der Waals surface area contributed by atoms with Gasteiger partial charge in [-0.1, -0.05) is 43.7 Å². The second-order valence-electron chi connectivity index (χ2n) is 8.46. The maximum absolute atomic E-state index is 13.6. The lowest BCUT2D eigenvalue weighted by atomic mass is 9.97. The summed E-state index contributed by atoms with van der Waals surface area (Å²) in [5, 5.41) is 0.465. The second kappa shape index (κ2) is 9.79. The van der Waals surface area contributed by atoms with Crippen LogP contribution in [0, 0.1) is 6.92 Å². The normalized spacial score (nSPS) is 15.5. The van der Waals surface area contributed by atoms with Gasteiger partial charge in [0.2, 0.25) is 5.76 Å². The van der Waals surface area contributed by atoms with Crippen LogP contribution in [0.25, 0.3) is 11.0 Å². The Morgan fingerprint density at radius 3 is 2.42 bits per heavy atom. The number of ether oxygens (including phenoxy) is 1. The molecule has 0 saturated carbocycles. The molecule has 2 heterocycles. The number of rotatable bonds is 9. The van der Waals surface area contributed by atoms with Crippen molar-refractivity contribution >= 4 is 16.9 Å². The van der Waals surface area contributed by atoms with Crippen molar-refractivity contribution in [3.05, 3.63) is 75.1 Å². The average molecular weight is 449 g/mol. The highest BCUT2D eigenvalue weighted by Crippen LogP contribution is 2.38. The molecular weight excluding hydrogens is 416 g/mol. The third-order valence-corrected chi connectivity index (χ3v) is 6.41. The number of hydrogen-bond acceptors (Lipinski definition) is 5. The van der Waals surface area contributed by atoms with Gasteiger partial charge < -0.3 is 19.0 Å². The molecule has 3 aromatic rings. The predicted molar refractivity (Wildman–Crippen MR) is 130 cm³/mol. The van der Waals surface area contributed by atoms with Crippen LogP contribution < -0.4 is 10.2 Å². The maximum atomic E-state index is 13.6. The Bertz CT molecular complexity index is 1200. The number of carbonyl (C=O) groups excluding carboxylic acids is 1. The van der Waals surface area contributed by atoms with E-state index in [0.717, 1.165) is 37.2 Å². The first kappa shape index (κ1) is 23.1. The summed E-state index contributed by atoms with van der Waals surface area (Å²) in [5.74, 6) is 0.537. The quantitative estimate of drug-likeness (QED) is 0.472. The molecule has 6 heteroatoms. The van der Waals surface area contributed by atoms with Gasteiger partial charge in [-0.2, -0.15) is 0 Å². The van der Waals surface area contributed by atoms with E-state index in [2.05, 4.69) is 18.7 Å². The number of hydrogen-bond donors (Lipinski definition) is 0. The van der Waals surface area contributed by atoms with E-state index in [4.69, 9.17) is 9.15 Å². The van der Waals surface area contributed by atoms with Crippen molar-refractivity contribution in [2.75, 3.05) is 32.8 Å². The summed E-state index contributed by atoms with van der Waals surface area (Å²) in [4.78, 5) is 31.3. The Balaban J connectivity index is 1.79. The zero-order valence-corrected chi connectivity index (χ0v) is 19.9. The molecule has 1 aliphatic rings. The van der Waals surface area contributed by atoms with Gasteiger partial charge >= 0.3 is 0 Å². The highest BCUT2D eigenvalue weighted by molar-refractivity contribution is 5.99. The van der Waals surface area contributed by atoms with Crippen molar-refractivity contribution in [3.63, 3.8) is 0 Å². The Hall–Kier alpha value is -3.12. The van der Waals surface area contributed by atoms with Crippen LogP contribution in [0.2, 0.25) is 0 Å². The number of benzene rings is 2. The predicted octanol–water partition coefficient (Wildman–Crippen LogP) is 4.78. The molecular formula is C27H32N2O4. The van der Waals surface area contributed by atoms with Gasteiger partial charge in [0.25, 0.3) is 5.91 Å². The summed E-state index contributed by atoms with van der Waals surface area (Å²) >= 11 is 0. The zero-order valence-electron chi connectivity index (χ0n) is 19.9. The number of carbonyl (C=O) groups is 1. The minimum Gasteiger partial charge on any atom is -0.494 e. The fraction of sp³-hybridized carbons (Fsp3) is 0.407. The molecule has 4 rings (SSSR count). The Morgan fingerprint density at radius 1 is 1.03 bits per heavy atom. The van der Waals surface area contributed by atoms with E-state index in [1.807, 2.05) is 38.1 Å². The van der Waals surface area contributed by atoms with Crippen molar-refractivity contribution in [2.45, 2.75) is 40.2 Å². The van der Waals surface area contributed by atoms with E-state index in [0.29, 0.717) is 35.4 Å². The molecule has 0 spiro atoms. The van der Waals surface area contributed by atoms with Crippen molar-refractivity contribution in [1.29, 1.82) is 0 Å². The molecule has 1 atom stereocenters. The van der Waals surface area contributed by atoms with E-state index < -0.39 is 6.04 Å². The third-order valence-electron chi connectivity index (χ3n) is 6.41. The molecule has 1 unspecified atom stereocenters. The molecule has 0 fully saturated rings. The molecule has 0 radical (unpaired) electrons. The standard InChI is InChI=1S/C27H32N2O4/c1-5-28(6-2)15-8-16-29-24(19-11-9-18(4)10-12-19)23-25(30)21-14-13-20(32-7-3)17-22(21)33-26(23)27(29)31/h9-14,17,24H,5-8,15-16H2,1-4H3. The van der Waals surface area contributed by atoms with Crippen molar-refractivity contribution in [3.8, 4) is 5.75 Å². The third kappa shape index (κ3) is 4.40. The summed E-state index contributed by atoms with van der Waals surface area (Å²) in [5.41, 5.74) is 2.71. The van der Waals surface area contributed by atoms with Gasteiger partial charge in [0.1, 0.15) is 11.3 Å². The van der Waals surface area contributed by atoms with Crippen LogP contribution in [0.1, 0.15) is 60.5 Å². The first-order chi connectivity index (χ1) is 16.0. The van der Waals surface area contributed by atoms with Crippen molar-refractivity contribution in [1.82, 2.24) is 9.80 Å². The number of nitrogens with zero attached hydrogens (tertiary/aromatic N) is 2. The van der Waals surface area contributed by atoms with Crippen LogP contribution in [0.3, 0.4) is 0 Å². The molecule has 33 heavy (non-hydrogen) atoms. The van der Waals surface area contributed by atoms with Crippen LogP contribution in [-0.4, -0.2) is 48.5 Å².